The van der Waals surface area contributed by atoms with E-state index < -0.39 is 0 Å². The Bertz CT molecular complexity index is 583. The van der Waals surface area contributed by atoms with Crippen molar-refractivity contribution in [3.8, 4) is 0 Å². The number of nitrogens with zero attached hydrogens (tertiary/aromatic N) is 5. The lowest BCUT2D eigenvalue weighted by Crippen LogP contribution is -2.36. The predicted octanol–water partition coefficient (Wildman–Crippen LogP) is 2.11. The number of hydrogen-bond donors (Lipinski definition) is 0. The number of anilines is 3. The van der Waals surface area contributed by atoms with Gasteiger partial charge in [0.25, 0.3) is 0 Å². The summed E-state index contributed by atoms with van der Waals surface area (Å²) in [5.74, 6) is 1.87. The fraction of sp³-hybridized carbons (Fsp3) is 0.308. The summed E-state index contributed by atoms with van der Waals surface area (Å²) in [6, 6.07) is 4.01. The highest BCUT2D eigenvalue weighted by Crippen LogP contribution is 2.41. The van der Waals surface area contributed by atoms with Crippen LogP contribution in [0.5, 0.6) is 0 Å². The summed E-state index contributed by atoms with van der Waals surface area (Å²) in [5.41, 5.74) is 2.01. The minimum atomic E-state index is 0.185. The van der Waals surface area contributed by atoms with Crippen LogP contribution in [0, 0.1) is 6.92 Å². The number of aromatic nitrogens is 3. The van der Waals surface area contributed by atoms with Crippen LogP contribution in [0.2, 0.25) is 0 Å². The van der Waals surface area contributed by atoms with Gasteiger partial charge in [0.15, 0.2) is 11.6 Å². The summed E-state index contributed by atoms with van der Waals surface area (Å²) in [7, 11) is 2.04. The smallest absolute Gasteiger partial charge is 0.156 e. The maximum atomic E-state index is 4.45. The van der Waals surface area contributed by atoms with Crippen LogP contribution in [0.15, 0.2) is 30.7 Å². The Morgan fingerprint density at radius 2 is 1.78 bits per heavy atom. The minimum Gasteiger partial charge on any atom is -0.337 e. The number of fused-ring (bicyclic) bond motifs is 1. The maximum Gasteiger partial charge on any atom is 0.156 e. The number of hydrogen-bond acceptors (Lipinski definition) is 5. The largest absolute Gasteiger partial charge is 0.337 e. The first-order chi connectivity index (χ1) is 8.70. The Labute approximate surface area is 106 Å². The van der Waals surface area contributed by atoms with Crippen LogP contribution >= 0.6 is 0 Å². The molecule has 5 nitrogen and oxygen atoms in total. The second-order valence-electron chi connectivity index (χ2n) is 4.42. The average molecular weight is 241 g/mol. The van der Waals surface area contributed by atoms with Gasteiger partial charge in [-0.05, 0) is 26.0 Å². The Balaban J connectivity index is 2.16. The molecule has 2 aromatic heterocycles. The monoisotopic (exact) mass is 241 g/mol. The molecule has 0 bridgehead atoms. The average Bonchev–Trinajstić information content (AvgIpc) is 2.64. The summed E-state index contributed by atoms with van der Waals surface area (Å²) < 4.78 is 0. The molecule has 1 atom stereocenters. The molecule has 0 amide bonds. The molecule has 0 N–H and O–H groups in total. The zero-order valence-electron chi connectivity index (χ0n) is 10.7. The minimum absolute atomic E-state index is 0.185. The van der Waals surface area contributed by atoms with Gasteiger partial charge < -0.3 is 9.80 Å². The Hall–Kier alpha value is -2.17. The first kappa shape index (κ1) is 11.0. The molecular weight excluding hydrogens is 226 g/mol. The van der Waals surface area contributed by atoms with E-state index in [1.807, 2.05) is 26.2 Å². The summed E-state index contributed by atoms with van der Waals surface area (Å²) in [6.45, 7) is 4.11. The molecule has 92 valence electrons. The fourth-order valence-corrected chi connectivity index (χ4v) is 2.33. The van der Waals surface area contributed by atoms with Crippen molar-refractivity contribution in [3.05, 3.63) is 36.4 Å². The third-order valence-electron chi connectivity index (χ3n) is 3.38. The molecule has 3 heterocycles. The SMILES string of the molecule is Cc1nccnc1N1c2cccnc2N(C)C1C. The Kier molecular flexibility index (Phi) is 2.40. The van der Waals surface area contributed by atoms with E-state index in [0.29, 0.717) is 0 Å². The Morgan fingerprint density at radius 3 is 2.56 bits per heavy atom. The van der Waals surface area contributed by atoms with Crippen molar-refractivity contribution in [2.24, 2.45) is 0 Å². The van der Waals surface area contributed by atoms with Gasteiger partial charge in [-0.1, -0.05) is 0 Å². The van der Waals surface area contributed by atoms with Gasteiger partial charge in [0, 0.05) is 25.6 Å². The van der Waals surface area contributed by atoms with Crippen molar-refractivity contribution in [1.82, 2.24) is 15.0 Å². The molecule has 0 aliphatic carbocycles. The van der Waals surface area contributed by atoms with Crippen molar-refractivity contribution < 1.29 is 0 Å². The van der Waals surface area contributed by atoms with Crippen molar-refractivity contribution >= 4 is 17.3 Å². The van der Waals surface area contributed by atoms with Gasteiger partial charge >= 0.3 is 0 Å². The first-order valence-electron chi connectivity index (χ1n) is 5.95. The zero-order chi connectivity index (χ0) is 12.7. The highest BCUT2D eigenvalue weighted by atomic mass is 15.4. The summed E-state index contributed by atoms with van der Waals surface area (Å²) >= 11 is 0. The lowest BCUT2D eigenvalue weighted by atomic mass is 10.3. The lowest BCUT2D eigenvalue weighted by Gasteiger charge is -2.26. The van der Waals surface area contributed by atoms with Crippen molar-refractivity contribution in [2.75, 3.05) is 16.8 Å². The van der Waals surface area contributed by atoms with Gasteiger partial charge in [0.1, 0.15) is 6.17 Å². The number of rotatable bonds is 1. The van der Waals surface area contributed by atoms with Crippen LogP contribution in [0.3, 0.4) is 0 Å². The fourth-order valence-electron chi connectivity index (χ4n) is 2.33. The van der Waals surface area contributed by atoms with E-state index in [1.165, 1.54) is 0 Å². The lowest BCUT2D eigenvalue weighted by molar-refractivity contribution is 0.718. The number of aryl methyl sites for hydroxylation is 1. The molecule has 0 fully saturated rings. The first-order valence-corrected chi connectivity index (χ1v) is 5.95. The zero-order valence-corrected chi connectivity index (χ0v) is 10.7. The molecule has 1 aliphatic heterocycles. The van der Waals surface area contributed by atoms with E-state index in [4.69, 9.17) is 0 Å². The van der Waals surface area contributed by atoms with Crippen molar-refractivity contribution in [1.29, 1.82) is 0 Å². The van der Waals surface area contributed by atoms with Crippen LogP contribution in [0.25, 0.3) is 0 Å². The predicted molar refractivity (Wildman–Crippen MR) is 71.0 cm³/mol. The molecule has 1 unspecified atom stereocenters. The number of pyridine rings is 1. The van der Waals surface area contributed by atoms with Gasteiger partial charge in [-0.2, -0.15) is 0 Å². The van der Waals surface area contributed by atoms with E-state index in [2.05, 4.69) is 37.7 Å². The molecule has 0 saturated heterocycles. The van der Waals surface area contributed by atoms with Gasteiger partial charge in [0.2, 0.25) is 0 Å². The quantitative estimate of drug-likeness (QED) is 0.765. The van der Waals surface area contributed by atoms with E-state index in [1.54, 1.807) is 12.4 Å². The summed E-state index contributed by atoms with van der Waals surface area (Å²) in [4.78, 5) is 17.5. The molecule has 0 spiro atoms. The maximum absolute atomic E-state index is 4.45. The van der Waals surface area contributed by atoms with Gasteiger partial charge in [-0.25, -0.2) is 9.97 Å². The second-order valence-corrected chi connectivity index (χ2v) is 4.42. The second kappa shape index (κ2) is 3.94. The van der Waals surface area contributed by atoms with Gasteiger partial charge in [0.05, 0.1) is 11.4 Å². The van der Waals surface area contributed by atoms with Crippen LogP contribution in [0.1, 0.15) is 12.6 Å². The van der Waals surface area contributed by atoms with Crippen LogP contribution in [0.4, 0.5) is 17.3 Å². The normalized spacial score (nSPS) is 18.1. The topological polar surface area (TPSA) is 45.2 Å². The van der Waals surface area contributed by atoms with Crippen molar-refractivity contribution in [2.45, 2.75) is 20.0 Å². The highest BCUT2D eigenvalue weighted by molar-refractivity contribution is 5.79. The molecule has 0 aromatic carbocycles. The molecule has 3 rings (SSSR count). The third-order valence-corrected chi connectivity index (χ3v) is 3.38. The van der Waals surface area contributed by atoms with Crippen LogP contribution < -0.4 is 9.80 Å². The van der Waals surface area contributed by atoms with Gasteiger partial charge in [-0.3, -0.25) is 4.98 Å². The highest BCUT2D eigenvalue weighted by Gasteiger charge is 2.33. The molecule has 1 aliphatic rings. The van der Waals surface area contributed by atoms with E-state index >= 15 is 0 Å². The van der Waals surface area contributed by atoms with Crippen LogP contribution in [-0.4, -0.2) is 28.2 Å². The van der Waals surface area contributed by atoms with E-state index in [0.717, 1.165) is 23.0 Å². The molecular formula is C13H15N5. The molecule has 2 aromatic rings. The summed E-state index contributed by atoms with van der Waals surface area (Å²) in [6.07, 6.45) is 5.44. The van der Waals surface area contributed by atoms with E-state index in [9.17, 15) is 0 Å². The molecule has 0 radical (unpaired) electrons. The Morgan fingerprint density at radius 1 is 1.06 bits per heavy atom. The van der Waals surface area contributed by atoms with Crippen molar-refractivity contribution in [3.63, 3.8) is 0 Å². The molecule has 0 saturated carbocycles. The summed E-state index contributed by atoms with van der Waals surface area (Å²) in [5, 5.41) is 0. The molecule has 18 heavy (non-hydrogen) atoms. The van der Waals surface area contributed by atoms with Gasteiger partial charge in [-0.15, -0.1) is 0 Å². The third kappa shape index (κ3) is 1.44. The standard InChI is InChI=1S/C13H15N5/c1-9-12(16-8-7-14-9)18-10(2)17(3)13-11(18)5-4-6-15-13/h4-8,10H,1-3H3. The van der Waals surface area contributed by atoms with E-state index in [-0.39, 0.29) is 6.17 Å². The molecule has 5 heteroatoms. The van der Waals surface area contributed by atoms with Crippen LogP contribution in [-0.2, 0) is 0 Å².